The standard InChI is InChI=1S/C13H18N6OS.CH2O2/c1-10-7-14-4-3-11(10)15-5-6-16-12(20)8-21-13-18-17-9-19(13)2;2-1-3/h3-4,7,9H,5-6,8H2,1-2H3,(H,14,15)(H,16,20);1H,(H,2,3). The normalized spacial score (nSPS) is 9.58. The summed E-state index contributed by atoms with van der Waals surface area (Å²) < 4.78 is 1.78. The van der Waals surface area contributed by atoms with E-state index in [0.717, 1.165) is 16.4 Å². The highest BCUT2D eigenvalue weighted by Gasteiger charge is 2.06. The Labute approximate surface area is 143 Å². The predicted octanol–water partition coefficient (Wildman–Crippen LogP) is 0.540. The molecule has 0 spiro atoms. The minimum atomic E-state index is -0.250. The van der Waals surface area contributed by atoms with Crippen molar-refractivity contribution >= 4 is 29.8 Å². The molecule has 130 valence electrons. The second-order valence-electron chi connectivity index (χ2n) is 4.59. The van der Waals surface area contributed by atoms with Crippen LogP contribution in [0.25, 0.3) is 0 Å². The number of aromatic nitrogens is 4. The number of rotatable bonds is 7. The molecule has 2 rings (SSSR count). The van der Waals surface area contributed by atoms with Crippen molar-refractivity contribution in [3.05, 3.63) is 30.4 Å². The summed E-state index contributed by atoms with van der Waals surface area (Å²) in [5, 5.41) is 21.4. The number of nitrogens with one attached hydrogen (secondary N) is 2. The topological polar surface area (TPSA) is 122 Å². The monoisotopic (exact) mass is 352 g/mol. The summed E-state index contributed by atoms with van der Waals surface area (Å²) in [4.78, 5) is 24.1. The molecule has 2 aromatic heterocycles. The van der Waals surface area contributed by atoms with Crippen LogP contribution >= 0.6 is 11.8 Å². The molecule has 0 saturated carbocycles. The van der Waals surface area contributed by atoms with Gasteiger partial charge in [0.25, 0.3) is 6.47 Å². The van der Waals surface area contributed by atoms with E-state index in [9.17, 15) is 4.79 Å². The largest absolute Gasteiger partial charge is 0.483 e. The Morgan fingerprint density at radius 2 is 2.21 bits per heavy atom. The molecule has 0 aliphatic rings. The molecule has 0 fully saturated rings. The number of amides is 1. The lowest BCUT2D eigenvalue weighted by molar-refractivity contribution is -0.123. The fraction of sp³-hybridized carbons (Fsp3) is 0.357. The van der Waals surface area contributed by atoms with Crippen LogP contribution in [0.1, 0.15) is 5.56 Å². The molecule has 2 aromatic rings. The van der Waals surface area contributed by atoms with Gasteiger partial charge in [0.1, 0.15) is 6.33 Å². The first kappa shape index (κ1) is 19.4. The van der Waals surface area contributed by atoms with Crippen molar-refractivity contribution in [3.8, 4) is 0 Å². The van der Waals surface area contributed by atoms with Crippen LogP contribution in [0, 0.1) is 6.92 Å². The molecule has 0 aliphatic heterocycles. The first-order valence-corrected chi connectivity index (χ1v) is 8.02. The number of nitrogens with zero attached hydrogens (tertiary/aromatic N) is 4. The van der Waals surface area contributed by atoms with E-state index in [2.05, 4.69) is 25.8 Å². The molecule has 0 aliphatic carbocycles. The lowest BCUT2D eigenvalue weighted by Crippen LogP contribution is -2.30. The maximum atomic E-state index is 11.7. The zero-order valence-corrected chi connectivity index (χ0v) is 14.3. The summed E-state index contributed by atoms with van der Waals surface area (Å²) in [6.07, 6.45) is 5.16. The molecule has 0 atom stereocenters. The quantitative estimate of drug-likeness (QED) is 0.375. The third-order valence-corrected chi connectivity index (χ3v) is 3.82. The van der Waals surface area contributed by atoms with E-state index >= 15 is 0 Å². The van der Waals surface area contributed by atoms with Gasteiger partial charge in [-0.2, -0.15) is 0 Å². The fourth-order valence-corrected chi connectivity index (χ4v) is 2.37. The van der Waals surface area contributed by atoms with E-state index in [1.807, 2.05) is 20.0 Å². The van der Waals surface area contributed by atoms with Gasteiger partial charge >= 0.3 is 0 Å². The van der Waals surface area contributed by atoms with E-state index in [1.54, 1.807) is 23.3 Å². The third-order valence-electron chi connectivity index (χ3n) is 2.79. The van der Waals surface area contributed by atoms with Gasteiger partial charge in [0, 0.05) is 38.2 Å². The second-order valence-corrected chi connectivity index (χ2v) is 5.53. The Kier molecular flexibility index (Phi) is 8.90. The Morgan fingerprint density at radius 3 is 2.83 bits per heavy atom. The van der Waals surface area contributed by atoms with Crippen LogP contribution in [0.3, 0.4) is 0 Å². The molecule has 24 heavy (non-hydrogen) atoms. The Morgan fingerprint density at radius 1 is 1.46 bits per heavy atom. The molecule has 0 saturated heterocycles. The molecular weight excluding hydrogens is 332 g/mol. The summed E-state index contributed by atoms with van der Waals surface area (Å²) in [6.45, 7) is 2.98. The maximum Gasteiger partial charge on any atom is 0.290 e. The van der Waals surface area contributed by atoms with Gasteiger partial charge in [0.15, 0.2) is 5.16 Å². The summed E-state index contributed by atoms with van der Waals surface area (Å²) in [5.41, 5.74) is 2.12. The highest BCUT2D eigenvalue weighted by atomic mass is 32.2. The van der Waals surface area contributed by atoms with Crippen LogP contribution < -0.4 is 10.6 Å². The number of anilines is 1. The lowest BCUT2D eigenvalue weighted by atomic mass is 10.2. The Hall–Kier alpha value is -2.62. The van der Waals surface area contributed by atoms with Crippen molar-refractivity contribution in [1.82, 2.24) is 25.1 Å². The van der Waals surface area contributed by atoms with Crippen molar-refractivity contribution in [1.29, 1.82) is 0 Å². The Bertz CT molecular complexity index is 649. The van der Waals surface area contributed by atoms with Gasteiger partial charge in [0.2, 0.25) is 5.91 Å². The lowest BCUT2D eigenvalue weighted by Gasteiger charge is -2.09. The maximum absolute atomic E-state index is 11.7. The number of carbonyl (C=O) groups excluding carboxylic acids is 1. The first-order chi connectivity index (χ1) is 11.6. The molecule has 10 heteroatoms. The molecule has 0 bridgehead atoms. The molecular formula is C14H20N6O3S. The second kappa shape index (κ2) is 11.0. The minimum absolute atomic E-state index is 0.0174. The van der Waals surface area contributed by atoms with E-state index in [1.165, 1.54) is 11.8 Å². The number of hydrogen-bond acceptors (Lipinski definition) is 7. The predicted molar refractivity (Wildman–Crippen MR) is 90.9 cm³/mol. The van der Waals surface area contributed by atoms with Crippen LogP contribution in [-0.4, -0.2) is 56.1 Å². The highest BCUT2D eigenvalue weighted by Crippen LogP contribution is 2.12. The van der Waals surface area contributed by atoms with Gasteiger partial charge in [-0.1, -0.05) is 11.8 Å². The summed E-state index contributed by atoms with van der Waals surface area (Å²) in [6, 6.07) is 1.92. The third kappa shape index (κ3) is 7.09. The smallest absolute Gasteiger partial charge is 0.290 e. The first-order valence-electron chi connectivity index (χ1n) is 7.04. The number of carbonyl (C=O) groups is 2. The summed E-state index contributed by atoms with van der Waals surface area (Å²) >= 11 is 1.37. The van der Waals surface area contributed by atoms with Gasteiger partial charge in [-0.3, -0.25) is 14.6 Å². The van der Waals surface area contributed by atoms with Gasteiger partial charge < -0.3 is 20.3 Å². The number of pyridine rings is 1. The van der Waals surface area contributed by atoms with Gasteiger partial charge in [-0.25, -0.2) is 0 Å². The highest BCUT2D eigenvalue weighted by molar-refractivity contribution is 7.99. The van der Waals surface area contributed by atoms with Gasteiger partial charge in [0.05, 0.1) is 5.75 Å². The summed E-state index contributed by atoms with van der Waals surface area (Å²) in [5.74, 6) is 0.317. The number of aryl methyl sites for hydroxylation is 2. The molecule has 2 heterocycles. The van der Waals surface area contributed by atoms with E-state index < -0.39 is 0 Å². The van der Waals surface area contributed by atoms with Crippen molar-refractivity contribution < 1.29 is 14.7 Å². The van der Waals surface area contributed by atoms with Crippen LogP contribution in [0.5, 0.6) is 0 Å². The molecule has 1 amide bonds. The number of thioether (sulfide) groups is 1. The van der Waals surface area contributed by atoms with Crippen molar-refractivity contribution in [2.24, 2.45) is 7.05 Å². The summed E-state index contributed by atoms with van der Waals surface area (Å²) in [7, 11) is 1.85. The minimum Gasteiger partial charge on any atom is -0.483 e. The molecule has 9 nitrogen and oxygen atoms in total. The van der Waals surface area contributed by atoms with Crippen LogP contribution in [0.4, 0.5) is 5.69 Å². The molecule has 0 aromatic carbocycles. The van der Waals surface area contributed by atoms with Crippen molar-refractivity contribution in [2.75, 3.05) is 24.2 Å². The van der Waals surface area contributed by atoms with Crippen molar-refractivity contribution in [3.63, 3.8) is 0 Å². The van der Waals surface area contributed by atoms with E-state index in [-0.39, 0.29) is 12.4 Å². The van der Waals surface area contributed by atoms with E-state index in [0.29, 0.717) is 18.8 Å². The SMILES string of the molecule is Cc1cnccc1NCCNC(=O)CSc1nncn1C.O=CO. The zero-order valence-electron chi connectivity index (χ0n) is 13.5. The van der Waals surface area contributed by atoms with Crippen LogP contribution in [0.15, 0.2) is 29.9 Å². The van der Waals surface area contributed by atoms with Crippen molar-refractivity contribution in [2.45, 2.75) is 12.1 Å². The number of carboxylic acid groups (broad SMARTS) is 1. The Balaban J connectivity index is 0.000000891. The zero-order chi connectivity index (χ0) is 17.8. The molecule has 0 radical (unpaired) electrons. The average Bonchev–Trinajstić information content (AvgIpc) is 2.97. The molecule has 0 unspecified atom stereocenters. The van der Waals surface area contributed by atoms with Gasteiger partial charge in [-0.15, -0.1) is 10.2 Å². The van der Waals surface area contributed by atoms with Crippen LogP contribution in [-0.2, 0) is 16.6 Å². The fourth-order valence-electron chi connectivity index (χ4n) is 1.66. The van der Waals surface area contributed by atoms with E-state index in [4.69, 9.17) is 9.90 Å². The average molecular weight is 352 g/mol. The van der Waals surface area contributed by atoms with Gasteiger partial charge in [-0.05, 0) is 18.6 Å². The molecule has 3 N–H and O–H groups in total. The number of hydrogen-bond donors (Lipinski definition) is 3. The van der Waals surface area contributed by atoms with Crippen LogP contribution in [0.2, 0.25) is 0 Å².